The summed E-state index contributed by atoms with van der Waals surface area (Å²) in [5.41, 5.74) is 10.6. The topological polar surface area (TPSA) is 403 Å². The number of nitrogens with two attached hydrogens (primary N) is 2. The van der Waals surface area contributed by atoms with Gasteiger partial charge in [-0.2, -0.15) is 0 Å². The Kier molecular flexibility index (Phi) is 17.8. The summed E-state index contributed by atoms with van der Waals surface area (Å²) in [6.07, 6.45) is -12.7. The molecule has 3 aliphatic rings. The predicted molar refractivity (Wildman–Crippen MR) is 225 cm³/mol. The highest BCUT2D eigenvalue weighted by atomic mass is 16.6. The van der Waals surface area contributed by atoms with Gasteiger partial charge in [-0.05, 0) is 51.8 Å². The van der Waals surface area contributed by atoms with Crippen LogP contribution < -0.4 is 37.5 Å². The molecule has 0 spiro atoms. The zero-order valence-corrected chi connectivity index (χ0v) is 37.2. The van der Waals surface area contributed by atoms with Gasteiger partial charge in [0, 0.05) is 38.4 Å². The first-order valence-electron chi connectivity index (χ1n) is 21.3. The van der Waals surface area contributed by atoms with Crippen LogP contribution in [0.2, 0.25) is 0 Å². The minimum atomic E-state index is -2.15. The van der Waals surface area contributed by atoms with Crippen molar-refractivity contribution in [2.75, 3.05) is 26.2 Å². The minimum absolute atomic E-state index is 0.131. The molecule has 0 bridgehead atoms. The molecule has 0 aromatic heterocycles. The first-order valence-corrected chi connectivity index (χ1v) is 21.3. The molecule has 4 rings (SSSR count). The summed E-state index contributed by atoms with van der Waals surface area (Å²) in [6, 6.07) is -7.33. The maximum absolute atomic E-state index is 14.4. The molecule has 3 aliphatic heterocycles. The van der Waals surface area contributed by atoms with Crippen molar-refractivity contribution in [3.05, 3.63) is 23.8 Å². The number of aromatic hydroxyl groups is 1. The molecular formula is C41H62N8O17. The van der Waals surface area contributed by atoms with Gasteiger partial charge in [0.05, 0.1) is 49.1 Å². The Bertz CT molecular complexity index is 1980. The van der Waals surface area contributed by atoms with Crippen molar-refractivity contribution in [2.45, 2.75) is 139 Å². The number of carbonyl (C=O) groups excluding carboxylic acids is 8. The van der Waals surface area contributed by atoms with Gasteiger partial charge >= 0.3 is 5.97 Å². The molecule has 25 nitrogen and oxygen atoms in total. The van der Waals surface area contributed by atoms with Crippen molar-refractivity contribution >= 4 is 47.3 Å². The zero-order chi connectivity index (χ0) is 49.5. The number of nitrogens with one attached hydrogen (secondary N) is 4. The smallest absolute Gasteiger partial charge is 0.344 e. The third-order valence-electron chi connectivity index (χ3n) is 11.1. The third-order valence-corrected chi connectivity index (χ3v) is 11.1. The quantitative estimate of drug-likeness (QED) is 0.0970. The molecule has 66 heavy (non-hydrogen) atoms. The van der Waals surface area contributed by atoms with Gasteiger partial charge in [-0.25, -0.2) is 4.79 Å². The van der Waals surface area contributed by atoms with Gasteiger partial charge in [0.15, 0.2) is 18.1 Å². The number of phenols is 1. The molecule has 0 saturated carbocycles. The number of fused-ring (bicyclic) bond motifs is 2. The van der Waals surface area contributed by atoms with Crippen LogP contribution in [0, 0.1) is 5.92 Å². The lowest BCUT2D eigenvalue weighted by Crippen LogP contribution is -2.64. The van der Waals surface area contributed by atoms with E-state index in [0.29, 0.717) is 0 Å². The first-order chi connectivity index (χ1) is 30.7. The van der Waals surface area contributed by atoms with E-state index in [0.717, 1.165) is 22.8 Å². The summed E-state index contributed by atoms with van der Waals surface area (Å²) in [7, 11) is 0. The SMILES string of the molecule is C[C@@H](O)[C@@H]1NC(=O)[C@@H](N)C[C@@H](O)CNC(=O)[C@@H]2[C@@H](O)[C@@H](C)CN2C(=O)[C@H]([C@H](O)CC(N)=O)NC(=O)[C@H]([C@H](O)Cc2ccc(O)c(OCC(=O)OC(C)(C)C)c2)NC(=O)[C@@H]2C[C@@H](O)CN2C1=O. The Labute approximate surface area is 379 Å². The lowest BCUT2D eigenvalue weighted by atomic mass is 9.98. The van der Waals surface area contributed by atoms with Gasteiger partial charge in [-0.3, -0.25) is 33.6 Å². The summed E-state index contributed by atoms with van der Waals surface area (Å²) in [4.78, 5) is 110. The van der Waals surface area contributed by atoms with E-state index in [1.807, 2.05) is 0 Å². The maximum Gasteiger partial charge on any atom is 0.344 e. The lowest BCUT2D eigenvalue weighted by molar-refractivity contribution is -0.157. The van der Waals surface area contributed by atoms with Gasteiger partial charge in [0.1, 0.15) is 35.8 Å². The molecule has 0 radical (unpaired) electrons. The summed E-state index contributed by atoms with van der Waals surface area (Å²) in [5, 5.41) is 85.8. The second-order valence-corrected chi connectivity index (χ2v) is 17.9. The Morgan fingerprint density at radius 2 is 1.45 bits per heavy atom. The van der Waals surface area contributed by atoms with Crippen LogP contribution in [0.1, 0.15) is 59.4 Å². The highest BCUT2D eigenvalue weighted by molar-refractivity contribution is 5.98. The van der Waals surface area contributed by atoms with E-state index in [2.05, 4.69) is 21.3 Å². The second-order valence-electron chi connectivity index (χ2n) is 17.9. The van der Waals surface area contributed by atoms with Gasteiger partial charge < -0.3 is 87.8 Å². The van der Waals surface area contributed by atoms with Crippen LogP contribution in [0.5, 0.6) is 11.5 Å². The largest absolute Gasteiger partial charge is 0.504 e. The average molecular weight is 939 g/mol. The Balaban J connectivity index is 1.80. The van der Waals surface area contributed by atoms with E-state index < -0.39 is 183 Å². The van der Waals surface area contributed by atoms with Crippen LogP contribution >= 0.6 is 0 Å². The molecular weight excluding hydrogens is 876 g/mol. The number of primary amides is 1. The number of carbonyl (C=O) groups is 8. The molecule has 3 heterocycles. The van der Waals surface area contributed by atoms with Crippen LogP contribution in [0.25, 0.3) is 0 Å². The van der Waals surface area contributed by atoms with Crippen LogP contribution in [0.15, 0.2) is 18.2 Å². The number of aliphatic hydroxyl groups excluding tert-OH is 6. The average Bonchev–Trinajstić information content (AvgIpc) is 3.76. The molecule has 1 aromatic rings. The van der Waals surface area contributed by atoms with E-state index in [1.165, 1.54) is 19.1 Å². The highest BCUT2D eigenvalue weighted by Crippen LogP contribution is 2.29. The van der Waals surface area contributed by atoms with Gasteiger partial charge in [-0.1, -0.05) is 13.0 Å². The van der Waals surface area contributed by atoms with Crippen LogP contribution in [-0.2, 0) is 49.5 Å². The Morgan fingerprint density at radius 3 is 2.08 bits per heavy atom. The number of ether oxygens (including phenoxy) is 2. The fourth-order valence-electron chi connectivity index (χ4n) is 7.81. The number of amides is 7. The molecule has 1 aromatic carbocycles. The molecule has 0 aliphatic carbocycles. The first kappa shape index (κ1) is 52.9. The van der Waals surface area contributed by atoms with Crippen molar-refractivity contribution in [2.24, 2.45) is 17.4 Å². The summed E-state index contributed by atoms with van der Waals surface area (Å²) in [5.74, 6) is -10.4. The number of benzene rings is 1. The number of aliphatic hydroxyl groups is 6. The standard InChI is InChI=1S/C41H62N8O17/c1-17-14-49-33(34(17)58)38(62)44-13-20(51)10-22(42)35(59)45-30(18(2)50)39(63)48-15-21(52)11-23(48)36(60)46-31(37(61)47-32(40(49)64)26(55)12-28(43)56)25(54)8-19-6-7-24(53)27(9-19)65-16-29(57)66-41(3,4)5/h6-7,9,17-18,20-23,25-26,30-34,50-55,58H,8,10-16,42H2,1-5H3,(H2,43,56)(H,44,62)(H,45,59)(H,46,60)(H,47,61)/t17-,18+,20+,21+,22-,23-,25+,26+,30-,31-,32-,33-,34-/m0/s1. The van der Waals surface area contributed by atoms with E-state index in [9.17, 15) is 74.1 Å². The second kappa shape index (κ2) is 22.2. The number of rotatable bonds is 10. The number of hydrogen-bond donors (Lipinski definition) is 13. The van der Waals surface area contributed by atoms with Crippen LogP contribution in [0.3, 0.4) is 0 Å². The Hall–Kier alpha value is -5.70. The molecule has 3 fully saturated rings. The summed E-state index contributed by atoms with van der Waals surface area (Å²) < 4.78 is 10.7. The molecule has 3 saturated heterocycles. The number of hydrogen-bond acceptors (Lipinski definition) is 18. The van der Waals surface area contributed by atoms with Crippen LogP contribution in [0.4, 0.5) is 0 Å². The van der Waals surface area contributed by atoms with Gasteiger partial charge in [0.2, 0.25) is 41.4 Å². The van der Waals surface area contributed by atoms with Gasteiger partial charge in [-0.15, -0.1) is 0 Å². The Morgan fingerprint density at radius 1 is 0.833 bits per heavy atom. The minimum Gasteiger partial charge on any atom is -0.504 e. The zero-order valence-electron chi connectivity index (χ0n) is 37.2. The van der Waals surface area contributed by atoms with Crippen molar-refractivity contribution in [3.63, 3.8) is 0 Å². The number of nitrogens with zero attached hydrogens (tertiary/aromatic N) is 2. The van der Waals surface area contributed by atoms with E-state index >= 15 is 0 Å². The lowest BCUT2D eigenvalue weighted by Gasteiger charge is -2.33. The monoisotopic (exact) mass is 938 g/mol. The molecule has 25 heteroatoms. The van der Waals surface area contributed by atoms with E-state index in [1.54, 1.807) is 20.8 Å². The van der Waals surface area contributed by atoms with Crippen molar-refractivity contribution in [1.82, 2.24) is 31.1 Å². The predicted octanol–water partition coefficient (Wildman–Crippen LogP) is -6.53. The molecule has 15 N–H and O–H groups in total. The third kappa shape index (κ3) is 13.7. The fourth-order valence-corrected chi connectivity index (χ4v) is 7.81. The fraction of sp³-hybridized carbons (Fsp3) is 0.659. The summed E-state index contributed by atoms with van der Waals surface area (Å²) >= 11 is 0. The normalized spacial score (nSPS) is 30.1. The van der Waals surface area contributed by atoms with Crippen molar-refractivity contribution in [3.8, 4) is 11.5 Å². The number of esters is 1. The highest BCUT2D eigenvalue weighted by Gasteiger charge is 2.49. The molecule has 13 atom stereocenters. The van der Waals surface area contributed by atoms with E-state index in [4.69, 9.17) is 20.9 Å². The molecule has 7 amide bonds. The molecule has 0 unspecified atom stereocenters. The number of β-amino-alcohol motifs (C(OH)–C–C–N with tert-alkyl or cyclic N) is 1. The van der Waals surface area contributed by atoms with Crippen molar-refractivity contribution in [1.29, 1.82) is 0 Å². The maximum atomic E-state index is 14.4. The summed E-state index contributed by atoms with van der Waals surface area (Å²) in [6.45, 7) is 5.41. The number of phenolic OH excluding ortho intramolecular Hbond substituents is 1. The van der Waals surface area contributed by atoms with Crippen molar-refractivity contribution < 1.29 is 83.6 Å². The van der Waals surface area contributed by atoms with E-state index in [-0.39, 0.29) is 17.9 Å². The van der Waals surface area contributed by atoms with Gasteiger partial charge in [0.25, 0.3) is 0 Å². The molecule has 368 valence electrons. The van der Waals surface area contributed by atoms with Crippen LogP contribution in [-0.4, -0.2) is 198 Å².